The van der Waals surface area contributed by atoms with E-state index in [4.69, 9.17) is 22.3 Å². The first-order valence-electron chi connectivity index (χ1n) is 11.9. The van der Waals surface area contributed by atoms with Crippen molar-refractivity contribution in [2.45, 2.75) is 70.1 Å². The van der Waals surface area contributed by atoms with Crippen molar-refractivity contribution < 1.29 is 0 Å². The summed E-state index contributed by atoms with van der Waals surface area (Å²) in [6.07, 6.45) is 7.89. The van der Waals surface area contributed by atoms with Gasteiger partial charge in [0.05, 0.1) is 21.5 Å². The average molecular weight is 480 g/mol. The third kappa shape index (κ3) is 3.11. The predicted octanol–water partition coefficient (Wildman–Crippen LogP) is 4.15. The second kappa shape index (κ2) is 7.33. The number of anilines is 1. The van der Waals surface area contributed by atoms with Crippen LogP contribution in [0.4, 0.5) is 5.95 Å². The van der Waals surface area contributed by atoms with Crippen LogP contribution in [0.25, 0.3) is 33.1 Å². The molecule has 0 radical (unpaired) electrons. The zero-order valence-corrected chi connectivity index (χ0v) is 20.7. The summed E-state index contributed by atoms with van der Waals surface area (Å²) in [7, 11) is 1.81. The van der Waals surface area contributed by atoms with Crippen LogP contribution < -0.4 is 16.2 Å². The van der Waals surface area contributed by atoms with Crippen LogP contribution in [-0.4, -0.2) is 42.4 Å². The van der Waals surface area contributed by atoms with Crippen LogP contribution in [0.2, 0.25) is 5.02 Å². The van der Waals surface area contributed by atoms with Gasteiger partial charge in [0.25, 0.3) is 5.56 Å². The molecule has 6 rings (SSSR count). The van der Waals surface area contributed by atoms with Crippen LogP contribution >= 0.6 is 11.6 Å². The maximum atomic E-state index is 13.6. The van der Waals surface area contributed by atoms with Gasteiger partial charge >= 0.3 is 0 Å². The minimum absolute atomic E-state index is 0.0768. The number of nitrogens with one attached hydrogen (secondary N) is 1. The minimum Gasteiger partial charge on any atom is -0.345 e. The number of nitrogens with zero attached hydrogens (tertiary/aromatic N) is 5. The van der Waals surface area contributed by atoms with E-state index in [-0.39, 0.29) is 17.1 Å². The molecule has 2 aliphatic heterocycles. The van der Waals surface area contributed by atoms with Gasteiger partial charge in [-0.15, -0.1) is 0 Å². The second-order valence-corrected chi connectivity index (χ2v) is 11.2. The van der Waals surface area contributed by atoms with Crippen LogP contribution in [0.3, 0.4) is 0 Å². The average Bonchev–Trinajstić information content (AvgIpc) is 3.46. The summed E-state index contributed by atoms with van der Waals surface area (Å²) < 4.78 is 3.61. The van der Waals surface area contributed by atoms with Crippen LogP contribution in [0.15, 0.2) is 29.3 Å². The second-order valence-electron chi connectivity index (χ2n) is 10.8. The number of H-pyrrole nitrogens is 1. The van der Waals surface area contributed by atoms with Crippen molar-refractivity contribution in [1.82, 2.24) is 24.3 Å². The summed E-state index contributed by atoms with van der Waals surface area (Å²) in [4.78, 5) is 24.1. The lowest BCUT2D eigenvalue weighted by Gasteiger charge is -2.38. The molecule has 2 bridgehead atoms. The van der Waals surface area contributed by atoms with Crippen molar-refractivity contribution in [3.63, 3.8) is 0 Å². The number of aromatic nitrogens is 5. The zero-order valence-electron chi connectivity index (χ0n) is 20.0. The maximum absolute atomic E-state index is 13.6. The first-order valence-corrected chi connectivity index (χ1v) is 12.3. The molecule has 2 saturated heterocycles. The minimum atomic E-state index is -0.155. The monoisotopic (exact) mass is 479 g/mol. The number of aromatic amines is 1. The Morgan fingerprint density at radius 3 is 2.53 bits per heavy atom. The molecule has 178 valence electrons. The quantitative estimate of drug-likeness (QED) is 0.450. The molecule has 1 aromatic carbocycles. The number of piperidine rings is 1. The molecule has 9 heteroatoms. The van der Waals surface area contributed by atoms with Gasteiger partial charge in [-0.1, -0.05) is 17.7 Å². The summed E-state index contributed by atoms with van der Waals surface area (Å²) in [5, 5.41) is 6.69. The molecule has 3 N–H and O–H groups in total. The Kier molecular flexibility index (Phi) is 4.67. The molecule has 2 aliphatic rings. The molecular formula is C25H30ClN7O. The Balaban J connectivity index is 1.49. The molecule has 0 saturated carbocycles. The Hall–Kier alpha value is -2.84. The van der Waals surface area contributed by atoms with Gasteiger partial charge < -0.3 is 15.6 Å². The molecule has 2 fully saturated rings. The third-order valence-electron chi connectivity index (χ3n) is 7.49. The number of benzene rings is 1. The van der Waals surface area contributed by atoms with Gasteiger partial charge in [-0.25, -0.2) is 0 Å². The summed E-state index contributed by atoms with van der Waals surface area (Å²) in [5.41, 5.74) is 9.00. The topological polar surface area (TPSA) is 97.8 Å². The first kappa shape index (κ1) is 21.7. The maximum Gasteiger partial charge on any atom is 0.264 e. The number of fused-ring (bicyclic) bond motifs is 4. The van der Waals surface area contributed by atoms with Crippen molar-refractivity contribution in [2.75, 3.05) is 4.90 Å². The number of hydrogen-bond donors (Lipinski definition) is 2. The molecule has 0 unspecified atom stereocenters. The van der Waals surface area contributed by atoms with Gasteiger partial charge in [0, 0.05) is 54.1 Å². The van der Waals surface area contributed by atoms with Crippen LogP contribution in [-0.2, 0) is 12.6 Å². The van der Waals surface area contributed by atoms with E-state index in [9.17, 15) is 4.79 Å². The van der Waals surface area contributed by atoms with E-state index in [0.29, 0.717) is 28.1 Å². The first-order chi connectivity index (χ1) is 16.1. The third-order valence-corrected chi connectivity index (χ3v) is 7.90. The predicted molar refractivity (Wildman–Crippen MR) is 137 cm³/mol. The van der Waals surface area contributed by atoms with Gasteiger partial charge in [0.2, 0.25) is 5.95 Å². The summed E-state index contributed by atoms with van der Waals surface area (Å²) in [6, 6.07) is 4.81. The van der Waals surface area contributed by atoms with Crippen molar-refractivity contribution >= 4 is 39.5 Å². The summed E-state index contributed by atoms with van der Waals surface area (Å²) in [5.74, 6) is 0.721. The molecule has 8 nitrogen and oxygen atoms in total. The van der Waals surface area contributed by atoms with Crippen molar-refractivity contribution in [3.05, 3.63) is 39.9 Å². The number of rotatable bonds is 2. The van der Waals surface area contributed by atoms with Gasteiger partial charge in [-0.2, -0.15) is 10.1 Å². The molecule has 5 heterocycles. The lowest BCUT2D eigenvalue weighted by atomic mass is 9.98. The van der Waals surface area contributed by atoms with Crippen molar-refractivity contribution in [1.29, 1.82) is 0 Å². The van der Waals surface area contributed by atoms with Crippen molar-refractivity contribution in [2.24, 2.45) is 12.8 Å². The molecule has 3 atom stereocenters. The summed E-state index contributed by atoms with van der Waals surface area (Å²) >= 11 is 6.89. The largest absolute Gasteiger partial charge is 0.345 e. The molecule has 0 spiro atoms. The number of halogens is 1. The Morgan fingerprint density at radius 2 is 1.85 bits per heavy atom. The highest BCUT2D eigenvalue weighted by Crippen LogP contribution is 2.40. The normalized spacial score (nSPS) is 22.9. The fraction of sp³-hybridized carbons (Fsp3) is 0.480. The van der Waals surface area contributed by atoms with Gasteiger partial charge in [-0.3, -0.25) is 14.0 Å². The lowest BCUT2D eigenvalue weighted by Crippen LogP contribution is -2.49. The smallest absolute Gasteiger partial charge is 0.264 e. The summed E-state index contributed by atoms with van der Waals surface area (Å²) in [6.45, 7) is 6.30. The van der Waals surface area contributed by atoms with Gasteiger partial charge in [0.15, 0.2) is 0 Å². The fourth-order valence-corrected chi connectivity index (χ4v) is 6.06. The molecular weight excluding hydrogens is 450 g/mol. The van der Waals surface area contributed by atoms with E-state index in [1.165, 1.54) is 0 Å². The molecule has 0 aliphatic carbocycles. The standard InChI is InChI=1S/C25H30ClN7O/c1-25(2,3)32-12-18-19(30-32)8-7-16(21(18)26)17-11-28-22-20(17)23(34)31(4)24(29-22)33-14-5-6-15(33)10-13(27)9-14/h7-8,11-15,28H,5-6,9-10,27H2,1-4H3/t13-,14+,15-. The van der Waals surface area contributed by atoms with Crippen LogP contribution in [0.1, 0.15) is 46.5 Å². The Labute approximate surface area is 202 Å². The lowest BCUT2D eigenvalue weighted by molar-refractivity contribution is 0.358. The van der Waals surface area contributed by atoms with Crippen molar-refractivity contribution in [3.8, 4) is 11.1 Å². The Bertz CT molecular complexity index is 1480. The molecule has 34 heavy (non-hydrogen) atoms. The molecule has 0 amide bonds. The number of hydrogen-bond acceptors (Lipinski definition) is 5. The van der Waals surface area contributed by atoms with Gasteiger partial charge in [-0.05, 0) is 52.5 Å². The van der Waals surface area contributed by atoms with Gasteiger partial charge in [0.1, 0.15) is 5.65 Å². The van der Waals surface area contributed by atoms with E-state index >= 15 is 0 Å². The van der Waals surface area contributed by atoms with E-state index < -0.39 is 0 Å². The van der Waals surface area contributed by atoms with E-state index in [0.717, 1.165) is 53.7 Å². The highest BCUT2D eigenvalue weighted by atomic mass is 35.5. The fourth-order valence-electron chi connectivity index (χ4n) is 5.75. The molecule has 3 aromatic heterocycles. The molecule has 4 aromatic rings. The number of nitrogens with two attached hydrogens (primary N) is 1. The van der Waals surface area contributed by atoms with Crippen LogP contribution in [0.5, 0.6) is 0 Å². The Morgan fingerprint density at radius 1 is 1.15 bits per heavy atom. The highest BCUT2D eigenvalue weighted by molar-refractivity contribution is 6.38. The van der Waals surface area contributed by atoms with E-state index in [1.54, 1.807) is 4.57 Å². The zero-order chi connectivity index (χ0) is 23.9. The SMILES string of the molecule is Cn1c(N2[C@@H]3CC[C@H]2C[C@@H](N)C3)nc2[nH]cc(-c3ccc4nn(C(C)(C)C)cc4c3Cl)c2c1=O. The van der Waals surface area contributed by atoms with Crippen LogP contribution in [0, 0.1) is 0 Å². The van der Waals surface area contributed by atoms with E-state index in [1.807, 2.05) is 36.3 Å². The van der Waals surface area contributed by atoms with E-state index in [2.05, 4.69) is 35.8 Å². The highest BCUT2D eigenvalue weighted by Gasteiger charge is 2.41.